The number of carbonyl (C=O) groups excluding carboxylic acids is 1. The molecule has 1 heterocycles. The first-order chi connectivity index (χ1) is 12.2. The maximum atomic E-state index is 11.3. The van der Waals surface area contributed by atoms with Crippen molar-refractivity contribution in [3.05, 3.63) is 66.9 Å². The van der Waals surface area contributed by atoms with Crippen LogP contribution in [-0.2, 0) is 9.68 Å². The van der Waals surface area contributed by atoms with E-state index < -0.39 is 0 Å². The van der Waals surface area contributed by atoms with Crippen LogP contribution in [0.5, 0.6) is 5.75 Å². The Kier molecular flexibility index (Phi) is 5.31. The van der Waals surface area contributed by atoms with E-state index in [2.05, 4.69) is 10.4 Å². The van der Waals surface area contributed by atoms with Gasteiger partial charge in [-0.25, -0.2) is 9.48 Å². The molecule has 0 saturated carbocycles. The number of nitrogens with zero attached hydrogens (tertiary/aromatic N) is 2. The highest BCUT2D eigenvalue weighted by atomic mass is 17.2. The summed E-state index contributed by atoms with van der Waals surface area (Å²) in [7, 11) is 0. The molecule has 6 heteroatoms. The van der Waals surface area contributed by atoms with Crippen molar-refractivity contribution >= 4 is 17.5 Å². The minimum absolute atomic E-state index is 0.337. The van der Waals surface area contributed by atoms with Gasteiger partial charge in [-0.15, -0.1) is 0 Å². The standard InChI is InChI=1S/C19H19N3O3/c1-2-6-19(23)25-24-17-11-9-15(10-12-17)20-18-13-14-22(21-18)16-7-4-3-5-8-16/h3-5,7-14H,2,6H2,1H3,(H,20,21). The SMILES string of the molecule is CCCC(=O)OOc1ccc(Nc2ccn(-c3ccccc3)n2)cc1. The third kappa shape index (κ3) is 4.60. The summed E-state index contributed by atoms with van der Waals surface area (Å²) < 4.78 is 1.80. The van der Waals surface area contributed by atoms with Gasteiger partial charge in [-0.2, -0.15) is 5.10 Å². The van der Waals surface area contributed by atoms with Crippen molar-refractivity contribution in [2.75, 3.05) is 5.32 Å². The minimum Gasteiger partial charge on any atom is -0.339 e. The second kappa shape index (κ2) is 8.01. The first-order valence-corrected chi connectivity index (χ1v) is 8.10. The number of benzene rings is 2. The molecule has 3 rings (SSSR count). The highest BCUT2D eigenvalue weighted by molar-refractivity contribution is 5.68. The lowest BCUT2D eigenvalue weighted by atomic mass is 10.3. The third-order valence-corrected chi connectivity index (χ3v) is 3.42. The topological polar surface area (TPSA) is 65.4 Å². The summed E-state index contributed by atoms with van der Waals surface area (Å²) in [4.78, 5) is 21.0. The molecule has 0 saturated heterocycles. The Hall–Kier alpha value is -3.28. The second-order valence-corrected chi connectivity index (χ2v) is 5.42. The molecule has 128 valence electrons. The van der Waals surface area contributed by atoms with E-state index in [4.69, 9.17) is 9.78 Å². The van der Waals surface area contributed by atoms with Crippen LogP contribution < -0.4 is 10.2 Å². The third-order valence-electron chi connectivity index (χ3n) is 3.42. The van der Waals surface area contributed by atoms with E-state index in [0.29, 0.717) is 12.2 Å². The Balaban J connectivity index is 1.58. The highest BCUT2D eigenvalue weighted by Gasteiger charge is 2.05. The zero-order valence-electron chi connectivity index (χ0n) is 13.9. The van der Waals surface area contributed by atoms with Gasteiger partial charge in [-0.1, -0.05) is 25.1 Å². The molecule has 1 N–H and O–H groups in total. The summed E-state index contributed by atoms with van der Waals surface area (Å²) in [5.41, 5.74) is 1.85. The van der Waals surface area contributed by atoms with Crippen LogP contribution in [0, 0.1) is 0 Å². The molecule has 0 bridgehead atoms. The van der Waals surface area contributed by atoms with E-state index in [1.165, 1.54) is 0 Å². The monoisotopic (exact) mass is 337 g/mol. The summed E-state index contributed by atoms with van der Waals surface area (Å²) >= 11 is 0. The van der Waals surface area contributed by atoms with Crippen LogP contribution in [0.3, 0.4) is 0 Å². The van der Waals surface area contributed by atoms with Crippen molar-refractivity contribution in [3.8, 4) is 11.4 Å². The number of rotatable bonds is 7. The zero-order valence-corrected chi connectivity index (χ0v) is 13.9. The first kappa shape index (κ1) is 16.6. The summed E-state index contributed by atoms with van der Waals surface area (Å²) in [6, 6.07) is 18.9. The number of para-hydroxylation sites is 1. The van der Waals surface area contributed by atoms with Gasteiger partial charge in [0.2, 0.25) is 0 Å². The van der Waals surface area contributed by atoms with E-state index in [-0.39, 0.29) is 5.97 Å². The Morgan fingerprint density at radius 1 is 1.08 bits per heavy atom. The van der Waals surface area contributed by atoms with E-state index >= 15 is 0 Å². The number of hydrogen-bond donors (Lipinski definition) is 1. The van der Waals surface area contributed by atoms with Crippen molar-refractivity contribution in [1.29, 1.82) is 0 Å². The number of nitrogens with one attached hydrogen (secondary N) is 1. The molecule has 0 aliphatic heterocycles. The highest BCUT2D eigenvalue weighted by Crippen LogP contribution is 2.20. The minimum atomic E-state index is -0.379. The lowest BCUT2D eigenvalue weighted by molar-refractivity contribution is -0.213. The molecule has 0 radical (unpaired) electrons. The van der Waals surface area contributed by atoms with Crippen LogP contribution in [0.1, 0.15) is 19.8 Å². The summed E-state index contributed by atoms with van der Waals surface area (Å²) in [5, 5.41) is 7.69. The van der Waals surface area contributed by atoms with Crippen LogP contribution in [0.4, 0.5) is 11.5 Å². The summed E-state index contributed by atoms with van der Waals surface area (Å²) in [6.07, 6.45) is 2.95. The van der Waals surface area contributed by atoms with Crippen molar-refractivity contribution in [1.82, 2.24) is 9.78 Å². The molecule has 2 aromatic carbocycles. The molecular formula is C19H19N3O3. The molecule has 0 amide bonds. The van der Waals surface area contributed by atoms with Crippen LogP contribution >= 0.6 is 0 Å². The smallest absolute Gasteiger partial charge is 0.339 e. The van der Waals surface area contributed by atoms with Gasteiger partial charge >= 0.3 is 5.97 Å². The quantitative estimate of drug-likeness (QED) is 0.516. The fourth-order valence-corrected chi connectivity index (χ4v) is 2.20. The van der Waals surface area contributed by atoms with Gasteiger partial charge in [0.1, 0.15) is 0 Å². The van der Waals surface area contributed by atoms with Crippen LogP contribution in [0.15, 0.2) is 66.9 Å². The zero-order chi connectivity index (χ0) is 17.5. The predicted octanol–water partition coefficient (Wildman–Crippen LogP) is 4.25. The largest absolute Gasteiger partial charge is 0.355 e. The van der Waals surface area contributed by atoms with Gasteiger partial charge in [-0.05, 0) is 42.8 Å². The number of carbonyl (C=O) groups is 1. The van der Waals surface area contributed by atoms with Gasteiger partial charge in [0.05, 0.1) is 5.69 Å². The molecule has 6 nitrogen and oxygen atoms in total. The molecule has 3 aromatic rings. The second-order valence-electron chi connectivity index (χ2n) is 5.42. The number of aromatic nitrogens is 2. The summed E-state index contributed by atoms with van der Waals surface area (Å²) in [5.74, 6) is 0.813. The molecular weight excluding hydrogens is 318 g/mol. The normalized spacial score (nSPS) is 10.3. The Bertz CT molecular complexity index is 813. The lowest BCUT2D eigenvalue weighted by Gasteiger charge is -2.06. The van der Waals surface area contributed by atoms with E-state index in [1.54, 1.807) is 16.8 Å². The van der Waals surface area contributed by atoms with Crippen molar-refractivity contribution in [3.63, 3.8) is 0 Å². The number of hydrogen-bond acceptors (Lipinski definition) is 5. The van der Waals surface area contributed by atoms with Crippen LogP contribution in [-0.4, -0.2) is 15.7 Å². The van der Waals surface area contributed by atoms with Crippen molar-refractivity contribution in [2.45, 2.75) is 19.8 Å². The average Bonchev–Trinajstić information content (AvgIpc) is 3.11. The van der Waals surface area contributed by atoms with E-state index in [1.807, 2.05) is 61.7 Å². The fourth-order valence-electron chi connectivity index (χ4n) is 2.20. The fraction of sp³-hybridized carbons (Fsp3) is 0.158. The molecule has 0 spiro atoms. The van der Waals surface area contributed by atoms with Gasteiger partial charge < -0.3 is 5.32 Å². The maximum Gasteiger partial charge on any atom is 0.355 e. The molecule has 1 aromatic heterocycles. The molecule has 0 atom stereocenters. The lowest BCUT2D eigenvalue weighted by Crippen LogP contribution is -2.07. The Labute approximate surface area is 145 Å². The molecule has 0 fully saturated rings. The van der Waals surface area contributed by atoms with Crippen LogP contribution in [0.2, 0.25) is 0 Å². The van der Waals surface area contributed by atoms with Gasteiger partial charge in [-0.3, -0.25) is 9.78 Å². The van der Waals surface area contributed by atoms with Gasteiger partial charge in [0, 0.05) is 24.4 Å². The van der Waals surface area contributed by atoms with Crippen molar-refractivity contribution < 1.29 is 14.6 Å². The van der Waals surface area contributed by atoms with E-state index in [9.17, 15) is 4.79 Å². The van der Waals surface area contributed by atoms with E-state index in [0.717, 1.165) is 23.6 Å². The molecule has 0 aliphatic carbocycles. The van der Waals surface area contributed by atoms with Crippen molar-refractivity contribution in [2.24, 2.45) is 0 Å². The molecule has 25 heavy (non-hydrogen) atoms. The molecule has 0 unspecified atom stereocenters. The Morgan fingerprint density at radius 3 is 2.56 bits per heavy atom. The predicted molar refractivity (Wildman–Crippen MR) is 94.9 cm³/mol. The maximum absolute atomic E-state index is 11.3. The summed E-state index contributed by atoms with van der Waals surface area (Å²) in [6.45, 7) is 1.90. The van der Waals surface area contributed by atoms with Gasteiger partial charge in [0.15, 0.2) is 11.6 Å². The first-order valence-electron chi connectivity index (χ1n) is 8.10. The van der Waals surface area contributed by atoms with Gasteiger partial charge in [0.25, 0.3) is 0 Å². The average molecular weight is 337 g/mol. The van der Waals surface area contributed by atoms with Crippen LogP contribution in [0.25, 0.3) is 5.69 Å². The number of anilines is 2. The molecule has 0 aliphatic rings. The Morgan fingerprint density at radius 2 is 1.84 bits per heavy atom.